The Morgan fingerprint density at radius 3 is 2.73 bits per heavy atom. The highest BCUT2D eigenvalue weighted by molar-refractivity contribution is 7.09. The van der Waals surface area contributed by atoms with Crippen molar-refractivity contribution in [3.05, 3.63) is 52.2 Å². The first-order chi connectivity index (χ1) is 12.5. The maximum Gasteiger partial charge on any atom is 0.311 e. The van der Waals surface area contributed by atoms with Gasteiger partial charge in [-0.25, -0.2) is 0 Å². The summed E-state index contributed by atoms with van der Waals surface area (Å²) in [5.74, 6) is -1.53. The molecule has 1 unspecified atom stereocenters. The molecular formula is C19H20N2O4S. The number of carbonyl (C=O) groups is 3. The highest BCUT2D eigenvalue weighted by atomic mass is 32.1. The molecule has 0 bridgehead atoms. The Hall–Kier alpha value is -2.67. The van der Waals surface area contributed by atoms with Crippen molar-refractivity contribution in [1.29, 1.82) is 0 Å². The van der Waals surface area contributed by atoms with E-state index in [9.17, 15) is 14.4 Å². The standard InChI is InChI=1S/C19H20N2O4S/c1-13-4-6-15(7-5-13)21-11-14(9-18(21)23)19(24)25-12-17(22)20-10-16-3-2-8-26-16/h2-8,14H,9-12H2,1H3,(H,20,22). The van der Waals surface area contributed by atoms with Gasteiger partial charge in [-0.2, -0.15) is 0 Å². The second kappa shape index (κ2) is 8.14. The molecule has 1 N–H and O–H groups in total. The SMILES string of the molecule is Cc1ccc(N2CC(C(=O)OCC(=O)NCc3cccs3)CC2=O)cc1. The van der Waals surface area contributed by atoms with E-state index in [2.05, 4.69) is 5.32 Å². The molecule has 6 nitrogen and oxygen atoms in total. The molecule has 2 heterocycles. The van der Waals surface area contributed by atoms with Crippen molar-refractivity contribution in [2.75, 3.05) is 18.1 Å². The fourth-order valence-electron chi connectivity index (χ4n) is 2.74. The third-order valence-electron chi connectivity index (χ3n) is 4.19. The number of benzene rings is 1. The molecule has 1 fully saturated rings. The van der Waals surface area contributed by atoms with Crippen LogP contribution in [0.1, 0.15) is 16.9 Å². The van der Waals surface area contributed by atoms with E-state index >= 15 is 0 Å². The number of ether oxygens (including phenoxy) is 1. The van der Waals surface area contributed by atoms with Gasteiger partial charge in [0, 0.05) is 23.5 Å². The number of hydrogen-bond donors (Lipinski definition) is 1. The highest BCUT2D eigenvalue weighted by Gasteiger charge is 2.36. The number of aryl methyl sites for hydroxylation is 1. The lowest BCUT2D eigenvalue weighted by atomic mass is 10.1. The lowest BCUT2D eigenvalue weighted by molar-refractivity contribution is -0.152. The van der Waals surface area contributed by atoms with Gasteiger partial charge in [0.25, 0.3) is 5.91 Å². The summed E-state index contributed by atoms with van der Waals surface area (Å²) < 4.78 is 5.08. The summed E-state index contributed by atoms with van der Waals surface area (Å²) in [4.78, 5) is 38.8. The lowest BCUT2D eigenvalue weighted by Gasteiger charge is -2.16. The third-order valence-corrected chi connectivity index (χ3v) is 5.07. The third kappa shape index (κ3) is 4.49. The fourth-order valence-corrected chi connectivity index (χ4v) is 3.39. The monoisotopic (exact) mass is 372 g/mol. The molecular weight excluding hydrogens is 352 g/mol. The van der Waals surface area contributed by atoms with E-state index < -0.39 is 11.9 Å². The Morgan fingerprint density at radius 2 is 2.04 bits per heavy atom. The summed E-state index contributed by atoms with van der Waals surface area (Å²) in [5, 5.41) is 4.63. The number of anilines is 1. The van der Waals surface area contributed by atoms with Crippen LogP contribution in [0, 0.1) is 12.8 Å². The van der Waals surface area contributed by atoms with Crippen LogP contribution in [0.3, 0.4) is 0 Å². The molecule has 1 aliphatic heterocycles. The van der Waals surface area contributed by atoms with Crippen molar-refractivity contribution in [1.82, 2.24) is 5.32 Å². The average molecular weight is 372 g/mol. The minimum absolute atomic E-state index is 0.101. The van der Waals surface area contributed by atoms with E-state index in [0.29, 0.717) is 6.54 Å². The minimum Gasteiger partial charge on any atom is -0.455 e. The summed E-state index contributed by atoms with van der Waals surface area (Å²) in [6.45, 7) is 2.33. The first-order valence-electron chi connectivity index (χ1n) is 8.35. The van der Waals surface area contributed by atoms with E-state index in [-0.39, 0.29) is 31.4 Å². The zero-order valence-corrected chi connectivity index (χ0v) is 15.3. The maximum absolute atomic E-state index is 12.2. The average Bonchev–Trinajstić information content (AvgIpc) is 3.28. The van der Waals surface area contributed by atoms with Crippen LogP contribution in [0.25, 0.3) is 0 Å². The van der Waals surface area contributed by atoms with Crippen molar-refractivity contribution < 1.29 is 19.1 Å². The Labute approximate surface area is 155 Å². The second-order valence-electron chi connectivity index (χ2n) is 6.20. The Morgan fingerprint density at radius 1 is 1.27 bits per heavy atom. The van der Waals surface area contributed by atoms with Gasteiger partial charge in [-0.3, -0.25) is 14.4 Å². The summed E-state index contributed by atoms with van der Waals surface area (Å²) in [5.41, 5.74) is 1.87. The predicted molar refractivity (Wildman–Crippen MR) is 98.8 cm³/mol. The zero-order chi connectivity index (χ0) is 18.5. The molecule has 2 aromatic rings. The molecule has 1 aliphatic rings. The number of esters is 1. The number of hydrogen-bond acceptors (Lipinski definition) is 5. The van der Waals surface area contributed by atoms with Crippen molar-refractivity contribution >= 4 is 34.8 Å². The Bertz CT molecular complexity index is 786. The van der Waals surface area contributed by atoms with Gasteiger partial charge in [0.05, 0.1) is 12.5 Å². The second-order valence-corrected chi connectivity index (χ2v) is 7.24. The minimum atomic E-state index is -0.547. The Balaban J connectivity index is 1.47. The number of nitrogens with zero attached hydrogens (tertiary/aromatic N) is 1. The molecule has 3 rings (SSSR count). The lowest BCUT2D eigenvalue weighted by Crippen LogP contribution is -2.31. The molecule has 1 aromatic heterocycles. The van der Waals surface area contributed by atoms with Crippen LogP contribution >= 0.6 is 11.3 Å². The summed E-state index contributed by atoms with van der Waals surface area (Å²) in [6, 6.07) is 11.4. The van der Waals surface area contributed by atoms with Gasteiger partial charge < -0.3 is 15.0 Å². The van der Waals surface area contributed by atoms with Crippen molar-refractivity contribution in [2.24, 2.45) is 5.92 Å². The van der Waals surface area contributed by atoms with E-state index in [1.165, 1.54) is 0 Å². The highest BCUT2D eigenvalue weighted by Crippen LogP contribution is 2.26. The quantitative estimate of drug-likeness (QED) is 0.790. The number of nitrogens with one attached hydrogen (secondary N) is 1. The molecule has 1 saturated heterocycles. The molecule has 1 atom stereocenters. The van der Waals surface area contributed by atoms with Gasteiger partial charge in [0.2, 0.25) is 5.91 Å². The first kappa shape index (κ1) is 18.1. The molecule has 0 spiro atoms. The number of carbonyl (C=O) groups excluding carboxylic acids is 3. The van der Waals surface area contributed by atoms with Crippen LogP contribution in [-0.2, 0) is 25.7 Å². The Kier molecular flexibility index (Phi) is 5.68. The zero-order valence-electron chi connectivity index (χ0n) is 14.4. The van der Waals surface area contributed by atoms with Gasteiger partial charge in [0.15, 0.2) is 6.61 Å². The maximum atomic E-state index is 12.2. The number of amides is 2. The summed E-state index contributed by atoms with van der Waals surface area (Å²) in [6.07, 6.45) is 0.101. The van der Waals surface area contributed by atoms with Crippen molar-refractivity contribution in [3.63, 3.8) is 0 Å². The predicted octanol–water partition coefficient (Wildman–Crippen LogP) is 2.27. The molecule has 0 aliphatic carbocycles. The molecule has 1 aromatic carbocycles. The van der Waals surface area contributed by atoms with Gasteiger partial charge in [-0.05, 0) is 30.5 Å². The molecule has 7 heteroatoms. The largest absolute Gasteiger partial charge is 0.455 e. The topological polar surface area (TPSA) is 75.7 Å². The van der Waals surface area contributed by atoms with E-state index in [4.69, 9.17) is 4.74 Å². The van der Waals surface area contributed by atoms with Crippen molar-refractivity contribution in [2.45, 2.75) is 19.9 Å². The number of thiophene rings is 1. The van der Waals surface area contributed by atoms with Crippen LogP contribution in [0.2, 0.25) is 0 Å². The molecule has 0 radical (unpaired) electrons. The molecule has 26 heavy (non-hydrogen) atoms. The normalized spacial score (nSPS) is 16.6. The van der Waals surface area contributed by atoms with Crippen LogP contribution in [0.15, 0.2) is 41.8 Å². The number of rotatable bonds is 6. The van der Waals surface area contributed by atoms with Gasteiger partial charge in [-0.1, -0.05) is 23.8 Å². The summed E-state index contributed by atoms with van der Waals surface area (Å²) >= 11 is 1.54. The van der Waals surface area contributed by atoms with Crippen LogP contribution in [0.5, 0.6) is 0 Å². The van der Waals surface area contributed by atoms with Gasteiger partial charge in [-0.15, -0.1) is 11.3 Å². The molecule has 136 valence electrons. The smallest absolute Gasteiger partial charge is 0.311 e. The van der Waals surface area contributed by atoms with Gasteiger partial charge in [0.1, 0.15) is 0 Å². The van der Waals surface area contributed by atoms with Crippen LogP contribution < -0.4 is 10.2 Å². The molecule has 2 amide bonds. The summed E-state index contributed by atoms with van der Waals surface area (Å²) in [7, 11) is 0. The van der Waals surface area contributed by atoms with Crippen LogP contribution in [-0.4, -0.2) is 30.9 Å². The van der Waals surface area contributed by atoms with Gasteiger partial charge >= 0.3 is 5.97 Å². The van der Waals surface area contributed by atoms with Crippen LogP contribution in [0.4, 0.5) is 5.69 Å². The van der Waals surface area contributed by atoms with E-state index in [0.717, 1.165) is 16.1 Å². The van der Waals surface area contributed by atoms with E-state index in [1.54, 1.807) is 16.2 Å². The molecule has 0 saturated carbocycles. The van der Waals surface area contributed by atoms with E-state index in [1.807, 2.05) is 48.7 Å². The fraction of sp³-hybridized carbons (Fsp3) is 0.316. The first-order valence-corrected chi connectivity index (χ1v) is 9.23. The van der Waals surface area contributed by atoms with Crippen molar-refractivity contribution in [3.8, 4) is 0 Å².